The van der Waals surface area contributed by atoms with Crippen LogP contribution >= 0.6 is 0 Å². The van der Waals surface area contributed by atoms with Crippen molar-refractivity contribution in [3.8, 4) is 0 Å². The molecule has 0 fully saturated rings. The van der Waals surface area contributed by atoms with Gasteiger partial charge in [-0.05, 0) is 41.9 Å². The summed E-state index contributed by atoms with van der Waals surface area (Å²) >= 11 is 0. The Bertz CT molecular complexity index is 175. The summed E-state index contributed by atoms with van der Waals surface area (Å²) in [6, 6.07) is 0. The third-order valence-electron chi connectivity index (χ3n) is 4.20. The Balaban J connectivity index is 4.16. The summed E-state index contributed by atoms with van der Waals surface area (Å²) in [7, 11) is 0. The van der Waals surface area contributed by atoms with E-state index in [1.807, 2.05) is 0 Å². The lowest BCUT2D eigenvalue weighted by atomic mass is 9.74. The molecule has 0 saturated heterocycles. The fourth-order valence-electron chi connectivity index (χ4n) is 2.73. The summed E-state index contributed by atoms with van der Waals surface area (Å²) in [5, 5.41) is 0. The van der Waals surface area contributed by atoms with Crippen LogP contribution in [0.5, 0.6) is 0 Å². The second-order valence-corrected chi connectivity index (χ2v) is 7.33. The van der Waals surface area contributed by atoms with Crippen molar-refractivity contribution in [1.82, 2.24) is 0 Å². The summed E-state index contributed by atoms with van der Waals surface area (Å²) in [6.45, 7) is 19.1. The van der Waals surface area contributed by atoms with Gasteiger partial charge >= 0.3 is 0 Å². The summed E-state index contributed by atoms with van der Waals surface area (Å²) in [6.07, 6.45) is 4.07. The van der Waals surface area contributed by atoms with Gasteiger partial charge in [0, 0.05) is 0 Å². The van der Waals surface area contributed by atoms with Crippen molar-refractivity contribution >= 4 is 0 Å². The van der Waals surface area contributed by atoms with E-state index in [4.69, 9.17) is 0 Å². The first-order valence-corrected chi connectivity index (χ1v) is 7.17. The predicted octanol–water partition coefficient (Wildman–Crippen LogP) is 5.77. The zero-order chi connectivity index (χ0) is 12.9. The molecule has 0 aromatic carbocycles. The van der Waals surface area contributed by atoms with Crippen LogP contribution in [0.15, 0.2) is 0 Å². The molecule has 0 heteroatoms. The Morgan fingerprint density at radius 2 is 1.38 bits per heavy atom. The molecular formula is C16H34. The van der Waals surface area contributed by atoms with Crippen LogP contribution in [0.1, 0.15) is 74.7 Å². The van der Waals surface area contributed by atoms with Gasteiger partial charge in [-0.15, -0.1) is 0 Å². The molecule has 0 aliphatic carbocycles. The fraction of sp³-hybridized carbons (Fsp3) is 1.00. The van der Waals surface area contributed by atoms with Crippen molar-refractivity contribution in [2.24, 2.45) is 29.1 Å². The van der Waals surface area contributed by atoms with E-state index in [9.17, 15) is 0 Å². The number of hydrogen-bond donors (Lipinski definition) is 0. The first-order chi connectivity index (χ1) is 7.17. The Labute approximate surface area is 104 Å². The highest BCUT2D eigenvalue weighted by molar-refractivity contribution is 4.74. The SMILES string of the molecule is CCC(C)CC(C)C(C)C(C)CC(C)(C)C. The smallest absolute Gasteiger partial charge is 0.0380 e. The van der Waals surface area contributed by atoms with E-state index >= 15 is 0 Å². The molecule has 0 amide bonds. The molecule has 4 unspecified atom stereocenters. The van der Waals surface area contributed by atoms with Gasteiger partial charge in [0.2, 0.25) is 0 Å². The fourth-order valence-corrected chi connectivity index (χ4v) is 2.73. The average Bonchev–Trinajstić information content (AvgIpc) is 2.13. The zero-order valence-corrected chi connectivity index (χ0v) is 12.9. The highest BCUT2D eigenvalue weighted by Gasteiger charge is 2.24. The predicted molar refractivity (Wildman–Crippen MR) is 75.6 cm³/mol. The van der Waals surface area contributed by atoms with Crippen molar-refractivity contribution in [1.29, 1.82) is 0 Å². The van der Waals surface area contributed by atoms with Gasteiger partial charge in [0.1, 0.15) is 0 Å². The molecular weight excluding hydrogens is 192 g/mol. The van der Waals surface area contributed by atoms with E-state index in [0.717, 1.165) is 23.7 Å². The molecule has 4 atom stereocenters. The molecule has 0 saturated carbocycles. The molecule has 0 N–H and O–H groups in total. The maximum atomic E-state index is 2.45. The van der Waals surface area contributed by atoms with E-state index in [1.54, 1.807) is 0 Å². The molecule has 98 valence electrons. The number of rotatable bonds is 6. The minimum atomic E-state index is 0.476. The van der Waals surface area contributed by atoms with Gasteiger partial charge in [0.25, 0.3) is 0 Å². The van der Waals surface area contributed by atoms with Gasteiger partial charge in [0.05, 0.1) is 0 Å². The molecule has 0 heterocycles. The highest BCUT2D eigenvalue weighted by atomic mass is 14.3. The maximum Gasteiger partial charge on any atom is -0.0380 e. The molecule has 0 aromatic rings. The van der Waals surface area contributed by atoms with E-state index in [2.05, 4.69) is 55.4 Å². The quantitative estimate of drug-likeness (QED) is 0.539. The van der Waals surface area contributed by atoms with Crippen LogP contribution in [0.2, 0.25) is 0 Å². The normalized spacial score (nSPS) is 20.2. The van der Waals surface area contributed by atoms with Crippen molar-refractivity contribution in [3.05, 3.63) is 0 Å². The standard InChI is InChI=1S/C16H34/c1-9-12(2)10-13(3)15(5)14(4)11-16(6,7)8/h12-15H,9-11H2,1-8H3. The first kappa shape index (κ1) is 16.0. The zero-order valence-electron chi connectivity index (χ0n) is 12.9. The topological polar surface area (TPSA) is 0 Å². The lowest BCUT2D eigenvalue weighted by Gasteiger charge is -2.32. The molecule has 0 radical (unpaired) electrons. The second-order valence-electron chi connectivity index (χ2n) is 7.33. The van der Waals surface area contributed by atoms with Gasteiger partial charge < -0.3 is 0 Å². The van der Waals surface area contributed by atoms with E-state index in [1.165, 1.54) is 19.3 Å². The monoisotopic (exact) mass is 226 g/mol. The summed E-state index contributed by atoms with van der Waals surface area (Å²) < 4.78 is 0. The lowest BCUT2D eigenvalue weighted by molar-refractivity contribution is 0.184. The van der Waals surface area contributed by atoms with Gasteiger partial charge in [-0.1, -0.05) is 61.8 Å². The van der Waals surface area contributed by atoms with Gasteiger partial charge in [-0.25, -0.2) is 0 Å². The van der Waals surface area contributed by atoms with E-state index in [-0.39, 0.29) is 0 Å². The highest BCUT2D eigenvalue weighted by Crippen LogP contribution is 2.34. The molecule has 0 spiro atoms. The minimum absolute atomic E-state index is 0.476. The third-order valence-corrected chi connectivity index (χ3v) is 4.20. The summed E-state index contributed by atoms with van der Waals surface area (Å²) in [5.74, 6) is 3.46. The van der Waals surface area contributed by atoms with Crippen molar-refractivity contribution in [2.75, 3.05) is 0 Å². The van der Waals surface area contributed by atoms with E-state index < -0.39 is 0 Å². The molecule has 0 aromatic heterocycles. The van der Waals surface area contributed by atoms with Crippen LogP contribution in [0, 0.1) is 29.1 Å². The van der Waals surface area contributed by atoms with Crippen LogP contribution in [0.4, 0.5) is 0 Å². The molecule has 0 nitrogen and oxygen atoms in total. The second kappa shape index (κ2) is 6.67. The Morgan fingerprint density at radius 3 is 1.75 bits per heavy atom. The van der Waals surface area contributed by atoms with Crippen molar-refractivity contribution in [3.63, 3.8) is 0 Å². The van der Waals surface area contributed by atoms with Crippen LogP contribution in [0.3, 0.4) is 0 Å². The largest absolute Gasteiger partial charge is 0.0651 e. The third kappa shape index (κ3) is 6.55. The van der Waals surface area contributed by atoms with Gasteiger partial charge in [-0.2, -0.15) is 0 Å². The lowest BCUT2D eigenvalue weighted by Crippen LogP contribution is -2.22. The van der Waals surface area contributed by atoms with Crippen molar-refractivity contribution < 1.29 is 0 Å². The number of hydrogen-bond acceptors (Lipinski definition) is 0. The van der Waals surface area contributed by atoms with Gasteiger partial charge in [-0.3, -0.25) is 0 Å². The molecule has 0 aliphatic heterocycles. The van der Waals surface area contributed by atoms with Crippen LogP contribution in [0.25, 0.3) is 0 Å². The Morgan fingerprint density at radius 1 is 0.875 bits per heavy atom. The Kier molecular flexibility index (Phi) is 6.67. The Hall–Kier alpha value is 0. The molecule has 0 bridgehead atoms. The van der Waals surface area contributed by atoms with Crippen molar-refractivity contribution in [2.45, 2.75) is 74.7 Å². The minimum Gasteiger partial charge on any atom is -0.0651 e. The molecule has 0 rings (SSSR count). The van der Waals surface area contributed by atoms with Crippen LogP contribution < -0.4 is 0 Å². The summed E-state index contributed by atoms with van der Waals surface area (Å²) in [4.78, 5) is 0. The van der Waals surface area contributed by atoms with Gasteiger partial charge in [0.15, 0.2) is 0 Å². The molecule has 16 heavy (non-hydrogen) atoms. The van der Waals surface area contributed by atoms with E-state index in [0.29, 0.717) is 5.41 Å². The summed E-state index contributed by atoms with van der Waals surface area (Å²) in [5.41, 5.74) is 0.476. The maximum absolute atomic E-state index is 2.45. The van der Waals surface area contributed by atoms with Crippen LogP contribution in [-0.2, 0) is 0 Å². The molecule has 0 aliphatic rings. The van der Waals surface area contributed by atoms with Crippen LogP contribution in [-0.4, -0.2) is 0 Å². The average molecular weight is 226 g/mol. The first-order valence-electron chi connectivity index (χ1n) is 7.17.